The van der Waals surface area contributed by atoms with Crippen LogP contribution in [0.15, 0.2) is 24.3 Å². The number of aryl methyl sites for hydroxylation is 1. The number of hydrogen-bond donors (Lipinski definition) is 2. The number of hydrogen-bond acceptors (Lipinski definition) is 2. The number of carbonyl (C=O) groups is 1. The van der Waals surface area contributed by atoms with Crippen LogP contribution >= 0.6 is 0 Å². The molecule has 1 aliphatic carbocycles. The molecular formula is C17H26N2O. The van der Waals surface area contributed by atoms with E-state index < -0.39 is 0 Å². The number of nitrogens with one attached hydrogen (secondary N) is 1. The maximum atomic E-state index is 12.4. The van der Waals surface area contributed by atoms with E-state index >= 15 is 0 Å². The standard InChI is InChI=1S/C17H26N2O/c1-14-6-5-7-15(12-14)8-11-19-16(20)17(13-18)9-3-2-4-10-17/h5-7,12H,2-4,8-11,13,18H2,1H3,(H,19,20). The summed E-state index contributed by atoms with van der Waals surface area (Å²) in [5, 5.41) is 3.09. The van der Waals surface area contributed by atoms with Gasteiger partial charge in [-0.2, -0.15) is 0 Å². The van der Waals surface area contributed by atoms with E-state index in [1.165, 1.54) is 17.5 Å². The molecule has 1 aromatic carbocycles. The van der Waals surface area contributed by atoms with Gasteiger partial charge in [0.2, 0.25) is 5.91 Å². The SMILES string of the molecule is Cc1cccc(CCNC(=O)C2(CN)CCCCC2)c1. The van der Waals surface area contributed by atoms with Crippen LogP contribution in [0.1, 0.15) is 43.2 Å². The van der Waals surface area contributed by atoms with Gasteiger partial charge in [0, 0.05) is 13.1 Å². The Morgan fingerprint density at radius 1 is 1.30 bits per heavy atom. The van der Waals surface area contributed by atoms with Crippen LogP contribution < -0.4 is 11.1 Å². The first-order valence-corrected chi connectivity index (χ1v) is 7.70. The summed E-state index contributed by atoms with van der Waals surface area (Å²) in [5.74, 6) is 0.160. The molecule has 3 N–H and O–H groups in total. The summed E-state index contributed by atoms with van der Waals surface area (Å²) in [6.07, 6.45) is 6.26. The molecule has 0 saturated heterocycles. The zero-order valence-corrected chi connectivity index (χ0v) is 12.5. The third-order valence-corrected chi connectivity index (χ3v) is 4.46. The fraction of sp³-hybridized carbons (Fsp3) is 0.588. The smallest absolute Gasteiger partial charge is 0.227 e. The second kappa shape index (κ2) is 6.89. The van der Waals surface area contributed by atoms with Crippen molar-refractivity contribution in [1.29, 1.82) is 0 Å². The van der Waals surface area contributed by atoms with E-state index in [0.29, 0.717) is 13.1 Å². The molecule has 1 fully saturated rings. The normalized spacial score (nSPS) is 17.7. The molecule has 1 aromatic rings. The maximum Gasteiger partial charge on any atom is 0.227 e. The predicted octanol–water partition coefficient (Wildman–Crippen LogP) is 2.56. The molecule has 20 heavy (non-hydrogen) atoms. The first kappa shape index (κ1) is 15.0. The van der Waals surface area contributed by atoms with Crippen molar-refractivity contribution in [2.75, 3.05) is 13.1 Å². The lowest BCUT2D eigenvalue weighted by Crippen LogP contribution is -2.47. The lowest BCUT2D eigenvalue weighted by molar-refractivity contribution is -0.132. The Balaban J connectivity index is 1.85. The third-order valence-electron chi connectivity index (χ3n) is 4.46. The molecule has 0 bridgehead atoms. The van der Waals surface area contributed by atoms with Crippen LogP contribution in [0.25, 0.3) is 0 Å². The van der Waals surface area contributed by atoms with Gasteiger partial charge in [-0.15, -0.1) is 0 Å². The first-order valence-electron chi connectivity index (χ1n) is 7.70. The minimum atomic E-state index is -0.301. The largest absolute Gasteiger partial charge is 0.355 e. The summed E-state index contributed by atoms with van der Waals surface area (Å²) < 4.78 is 0. The van der Waals surface area contributed by atoms with Crippen molar-refractivity contribution in [3.05, 3.63) is 35.4 Å². The molecule has 1 saturated carbocycles. The molecule has 1 aliphatic rings. The van der Waals surface area contributed by atoms with Gasteiger partial charge in [0.05, 0.1) is 5.41 Å². The Morgan fingerprint density at radius 2 is 2.05 bits per heavy atom. The van der Waals surface area contributed by atoms with Crippen LogP contribution in [0.5, 0.6) is 0 Å². The highest BCUT2D eigenvalue weighted by Gasteiger charge is 2.37. The first-order chi connectivity index (χ1) is 9.66. The minimum Gasteiger partial charge on any atom is -0.355 e. The van der Waals surface area contributed by atoms with E-state index in [9.17, 15) is 4.79 Å². The lowest BCUT2D eigenvalue weighted by atomic mass is 9.73. The molecule has 0 aliphatic heterocycles. The summed E-state index contributed by atoms with van der Waals surface area (Å²) in [5.41, 5.74) is 8.12. The average molecular weight is 274 g/mol. The number of benzene rings is 1. The van der Waals surface area contributed by atoms with Gasteiger partial charge in [0.1, 0.15) is 0 Å². The molecule has 0 heterocycles. The topological polar surface area (TPSA) is 55.1 Å². The molecule has 0 atom stereocenters. The van der Waals surface area contributed by atoms with Crippen molar-refractivity contribution in [2.45, 2.75) is 45.4 Å². The Kier molecular flexibility index (Phi) is 5.18. The van der Waals surface area contributed by atoms with E-state index in [4.69, 9.17) is 5.73 Å². The van der Waals surface area contributed by atoms with Crippen molar-refractivity contribution in [1.82, 2.24) is 5.32 Å². The second-order valence-corrected chi connectivity index (χ2v) is 6.04. The van der Waals surface area contributed by atoms with Crippen molar-refractivity contribution in [3.8, 4) is 0 Å². The number of rotatable bonds is 5. The van der Waals surface area contributed by atoms with Crippen LogP contribution in [0, 0.1) is 12.3 Å². The van der Waals surface area contributed by atoms with Gasteiger partial charge in [-0.3, -0.25) is 4.79 Å². The van der Waals surface area contributed by atoms with Crippen molar-refractivity contribution in [3.63, 3.8) is 0 Å². The third kappa shape index (κ3) is 3.60. The number of carbonyl (C=O) groups excluding carboxylic acids is 1. The Labute approximate surface area is 121 Å². The van der Waals surface area contributed by atoms with E-state index in [0.717, 1.165) is 32.1 Å². The number of amides is 1. The predicted molar refractivity (Wildman–Crippen MR) is 82.5 cm³/mol. The lowest BCUT2D eigenvalue weighted by Gasteiger charge is -2.34. The van der Waals surface area contributed by atoms with Crippen molar-refractivity contribution in [2.24, 2.45) is 11.1 Å². The van der Waals surface area contributed by atoms with Gasteiger partial charge >= 0.3 is 0 Å². The maximum absolute atomic E-state index is 12.4. The van der Waals surface area contributed by atoms with E-state index in [2.05, 4.69) is 36.5 Å². The summed E-state index contributed by atoms with van der Waals surface area (Å²) in [4.78, 5) is 12.4. The molecule has 110 valence electrons. The van der Waals surface area contributed by atoms with Gasteiger partial charge in [0.15, 0.2) is 0 Å². The quantitative estimate of drug-likeness (QED) is 0.867. The van der Waals surface area contributed by atoms with Crippen molar-refractivity contribution >= 4 is 5.91 Å². The molecule has 1 amide bonds. The van der Waals surface area contributed by atoms with Gasteiger partial charge in [0.25, 0.3) is 0 Å². The van der Waals surface area contributed by atoms with Crippen LogP contribution in [0.4, 0.5) is 0 Å². The summed E-state index contributed by atoms with van der Waals surface area (Å²) in [6, 6.07) is 8.44. The molecule has 0 radical (unpaired) electrons. The second-order valence-electron chi connectivity index (χ2n) is 6.04. The Morgan fingerprint density at radius 3 is 2.70 bits per heavy atom. The van der Waals surface area contributed by atoms with Crippen LogP contribution in [-0.4, -0.2) is 19.0 Å². The molecule has 2 rings (SSSR count). The zero-order chi connectivity index (χ0) is 14.4. The highest BCUT2D eigenvalue weighted by atomic mass is 16.2. The molecule has 3 heteroatoms. The van der Waals surface area contributed by atoms with Gasteiger partial charge in [-0.05, 0) is 31.7 Å². The summed E-state index contributed by atoms with van der Waals surface area (Å²) in [6.45, 7) is 3.26. The molecule has 0 unspecified atom stereocenters. The molecular weight excluding hydrogens is 248 g/mol. The van der Waals surface area contributed by atoms with E-state index in [-0.39, 0.29) is 11.3 Å². The summed E-state index contributed by atoms with van der Waals surface area (Å²) >= 11 is 0. The van der Waals surface area contributed by atoms with Crippen LogP contribution in [0.3, 0.4) is 0 Å². The van der Waals surface area contributed by atoms with Gasteiger partial charge < -0.3 is 11.1 Å². The van der Waals surface area contributed by atoms with E-state index in [1.54, 1.807) is 0 Å². The van der Waals surface area contributed by atoms with E-state index in [1.807, 2.05) is 0 Å². The van der Waals surface area contributed by atoms with Gasteiger partial charge in [-0.25, -0.2) is 0 Å². The highest BCUT2D eigenvalue weighted by Crippen LogP contribution is 2.35. The Bertz CT molecular complexity index is 450. The highest BCUT2D eigenvalue weighted by molar-refractivity contribution is 5.83. The van der Waals surface area contributed by atoms with Crippen LogP contribution in [-0.2, 0) is 11.2 Å². The molecule has 3 nitrogen and oxygen atoms in total. The fourth-order valence-electron chi connectivity index (χ4n) is 3.13. The number of nitrogens with two attached hydrogens (primary N) is 1. The average Bonchev–Trinajstić information content (AvgIpc) is 2.48. The molecule has 0 spiro atoms. The molecule has 0 aromatic heterocycles. The fourth-order valence-corrected chi connectivity index (χ4v) is 3.13. The monoisotopic (exact) mass is 274 g/mol. The minimum absolute atomic E-state index is 0.160. The zero-order valence-electron chi connectivity index (χ0n) is 12.5. The Hall–Kier alpha value is -1.35. The van der Waals surface area contributed by atoms with Crippen molar-refractivity contribution < 1.29 is 4.79 Å². The van der Waals surface area contributed by atoms with Gasteiger partial charge in [-0.1, -0.05) is 49.1 Å². The van der Waals surface area contributed by atoms with Crippen LogP contribution in [0.2, 0.25) is 0 Å². The summed E-state index contributed by atoms with van der Waals surface area (Å²) in [7, 11) is 0.